The van der Waals surface area contributed by atoms with Crippen molar-refractivity contribution in [3.05, 3.63) is 63.3 Å². The molecule has 1 amide bonds. The summed E-state index contributed by atoms with van der Waals surface area (Å²) in [6.07, 6.45) is 7.04. The molecular formula is C25H26ClN5O2S2. The Kier molecular flexibility index (Phi) is 8.50. The molecule has 7 nitrogen and oxygen atoms in total. The molecule has 0 saturated heterocycles. The lowest BCUT2D eigenvalue weighted by molar-refractivity contribution is -0.113. The Balaban J connectivity index is 1.40. The van der Waals surface area contributed by atoms with Crippen molar-refractivity contribution in [1.29, 1.82) is 5.26 Å². The molecule has 0 bridgehead atoms. The highest BCUT2D eigenvalue weighted by atomic mass is 35.5. The number of anilines is 1. The van der Waals surface area contributed by atoms with Crippen LogP contribution in [0.2, 0.25) is 5.02 Å². The van der Waals surface area contributed by atoms with Crippen molar-refractivity contribution in [2.24, 2.45) is 0 Å². The van der Waals surface area contributed by atoms with Crippen molar-refractivity contribution in [3.8, 4) is 11.8 Å². The van der Waals surface area contributed by atoms with E-state index < -0.39 is 0 Å². The predicted octanol–water partition coefficient (Wildman–Crippen LogP) is 5.94. The summed E-state index contributed by atoms with van der Waals surface area (Å²) in [4.78, 5) is 14.0. The van der Waals surface area contributed by atoms with Crippen LogP contribution in [0.4, 0.5) is 5.00 Å². The standard InChI is InChI=1S/C25H26ClN5O2S2/c1-3-11-31-22(14-33-20-10-9-17(26)12-16(20)2)29-30-25(31)34-15-23(32)28-24-19(13-27)18-7-5-4-6-8-21(18)35-24/h3,9-10,12H,1,4-8,11,14-15H2,2H3,(H,28,32). The minimum atomic E-state index is -0.175. The SMILES string of the molecule is C=CCn1c(COc2ccc(Cl)cc2C)nnc1SCC(=O)Nc1sc2c(c1C#N)CCCCC2. The van der Waals surface area contributed by atoms with E-state index in [2.05, 4.69) is 28.2 Å². The summed E-state index contributed by atoms with van der Waals surface area (Å²) in [5.41, 5.74) is 2.67. The molecule has 10 heteroatoms. The zero-order chi connectivity index (χ0) is 24.8. The smallest absolute Gasteiger partial charge is 0.235 e. The van der Waals surface area contributed by atoms with Crippen molar-refractivity contribution in [2.75, 3.05) is 11.1 Å². The number of hydrogen-bond donors (Lipinski definition) is 1. The normalized spacial score (nSPS) is 12.9. The first-order valence-electron chi connectivity index (χ1n) is 11.4. The van der Waals surface area contributed by atoms with Gasteiger partial charge >= 0.3 is 0 Å². The van der Waals surface area contributed by atoms with Crippen LogP contribution in [0.3, 0.4) is 0 Å². The van der Waals surface area contributed by atoms with Gasteiger partial charge in [-0.2, -0.15) is 5.26 Å². The molecule has 0 radical (unpaired) electrons. The number of carbonyl (C=O) groups is 1. The first-order chi connectivity index (χ1) is 17.0. The number of nitriles is 1. The Morgan fingerprint density at radius 3 is 2.97 bits per heavy atom. The summed E-state index contributed by atoms with van der Waals surface area (Å²) in [7, 11) is 0. The molecule has 2 heterocycles. The number of rotatable bonds is 9. The number of hydrogen-bond acceptors (Lipinski definition) is 7. The molecule has 35 heavy (non-hydrogen) atoms. The summed E-state index contributed by atoms with van der Waals surface area (Å²) in [6.45, 7) is 6.46. The third-order valence-corrected chi connectivity index (χ3v) is 8.13. The van der Waals surface area contributed by atoms with E-state index in [1.54, 1.807) is 12.1 Å². The number of aromatic nitrogens is 3. The van der Waals surface area contributed by atoms with E-state index in [9.17, 15) is 10.1 Å². The lowest BCUT2D eigenvalue weighted by Crippen LogP contribution is -2.15. The van der Waals surface area contributed by atoms with E-state index in [0.29, 0.717) is 33.1 Å². The first-order valence-corrected chi connectivity index (χ1v) is 13.6. The lowest BCUT2D eigenvalue weighted by Gasteiger charge is -2.11. The fourth-order valence-electron chi connectivity index (χ4n) is 4.00. The Morgan fingerprint density at radius 2 is 2.20 bits per heavy atom. The average molecular weight is 528 g/mol. The number of thiophene rings is 1. The fraction of sp³-hybridized carbons (Fsp3) is 0.360. The second kappa shape index (κ2) is 11.8. The van der Waals surface area contributed by atoms with Crippen molar-refractivity contribution < 1.29 is 9.53 Å². The van der Waals surface area contributed by atoms with Gasteiger partial charge < -0.3 is 10.1 Å². The number of nitrogens with zero attached hydrogens (tertiary/aromatic N) is 4. The van der Waals surface area contributed by atoms with Crippen molar-refractivity contribution >= 4 is 45.6 Å². The number of carbonyl (C=O) groups excluding carboxylic acids is 1. The molecular weight excluding hydrogens is 502 g/mol. The Morgan fingerprint density at radius 1 is 1.37 bits per heavy atom. The molecule has 0 atom stereocenters. The van der Waals surface area contributed by atoms with Gasteiger partial charge in [-0.1, -0.05) is 35.9 Å². The largest absolute Gasteiger partial charge is 0.485 e. The van der Waals surface area contributed by atoms with Gasteiger partial charge in [-0.15, -0.1) is 28.1 Å². The van der Waals surface area contributed by atoms with E-state index >= 15 is 0 Å². The third kappa shape index (κ3) is 6.07. The number of nitrogens with one attached hydrogen (secondary N) is 1. The molecule has 1 N–H and O–H groups in total. The van der Waals surface area contributed by atoms with Crippen molar-refractivity contribution in [2.45, 2.75) is 57.3 Å². The van der Waals surface area contributed by atoms with Crippen LogP contribution < -0.4 is 10.1 Å². The molecule has 2 aromatic heterocycles. The average Bonchev–Trinajstić information content (AvgIpc) is 3.28. The van der Waals surface area contributed by atoms with Gasteiger partial charge in [0.05, 0.1) is 11.3 Å². The van der Waals surface area contributed by atoms with E-state index in [1.807, 2.05) is 23.6 Å². The summed E-state index contributed by atoms with van der Waals surface area (Å²) in [5.74, 6) is 1.33. The minimum Gasteiger partial charge on any atom is -0.485 e. The highest BCUT2D eigenvalue weighted by Crippen LogP contribution is 2.37. The van der Waals surface area contributed by atoms with Crippen LogP contribution in [0, 0.1) is 18.3 Å². The number of ether oxygens (including phenoxy) is 1. The van der Waals surface area contributed by atoms with Gasteiger partial charge in [0, 0.05) is 16.4 Å². The maximum Gasteiger partial charge on any atom is 0.235 e. The Labute approximate surface area is 218 Å². The molecule has 0 saturated carbocycles. The van der Waals surface area contributed by atoms with Gasteiger partial charge in [0.1, 0.15) is 23.4 Å². The summed E-state index contributed by atoms with van der Waals surface area (Å²) in [5, 5.41) is 23.1. The second-order valence-electron chi connectivity index (χ2n) is 8.21. The van der Waals surface area contributed by atoms with Gasteiger partial charge in [-0.25, -0.2) is 0 Å². The maximum atomic E-state index is 12.7. The highest BCUT2D eigenvalue weighted by Gasteiger charge is 2.21. The van der Waals surface area contributed by atoms with E-state index in [1.165, 1.54) is 34.4 Å². The molecule has 1 aliphatic rings. The Hall–Kier alpha value is -2.80. The van der Waals surface area contributed by atoms with Crippen LogP contribution in [-0.4, -0.2) is 26.4 Å². The number of aryl methyl sites for hydroxylation is 2. The number of allylic oxidation sites excluding steroid dienone is 1. The first kappa shape index (κ1) is 25.3. The molecule has 0 aliphatic heterocycles. The number of benzene rings is 1. The zero-order valence-corrected chi connectivity index (χ0v) is 21.9. The van der Waals surface area contributed by atoms with Gasteiger partial charge in [0.15, 0.2) is 11.0 Å². The van der Waals surface area contributed by atoms with Gasteiger partial charge in [0.2, 0.25) is 5.91 Å². The summed E-state index contributed by atoms with van der Waals surface area (Å²) in [6, 6.07) is 7.75. The Bertz CT molecular complexity index is 1280. The number of amides is 1. The number of thioether (sulfide) groups is 1. The summed E-state index contributed by atoms with van der Waals surface area (Å²) >= 11 is 8.85. The minimum absolute atomic E-state index is 0.153. The van der Waals surface area contributed by atoms with Crippen LogP contribution >= 0.6 is 34.7 Å². The molecule has 3 aromatic rings. The summed E-state index contributed by atoms with van der Waals surface area (Å²) < 4.78 is 7.80. The van der Waals surface area contributed by atoms with Crippen LogP contribution in [0.5, 0.6) is 5.75 Å². The zero-order valence-electron chi connectivity index (χ0n) is 19.5. The maximum absolute atomic E-state index is 12.7. The van der Waals surface area contributed by atoms with Crippen molar-refractivity contribution in [3.63, 3.8) is 0 Å². The fourth-order valence-corrected chi connectivity index (χ4v) is 6.25. The predicted molar refractivity (Wildman–Crippen MR) is 140 cm³/mol. The number of fused-ring (bicyclic) bond motifs is 1. The molecule has 1 aliphatic carbocycles. The van der Waals surface area contributed by atoms with Crippen LogP contribution in [0.25, 0.3) is 0 Å². The van der Waals surface area contributed by atoms with Gasteiger partial charge in [-0.3, -0.25) is 9.36 Å². The van der Waals surface area contributed by atoms with E-state index in [0.717, 1.165) is 42.6 Å². The quantitative estimate of drug-likeness (QED) is 0.210. The molecule has 0 fully saturated rings. The monoisotopic (exact) mass is 527 g/mol. The highest BCUT2D eigenvalue weighted by molar-refractivity contribution is 7.99. The van der Waals surface area contributed by atoms with Crippen LogP contribution in [-0.2, 0) is 30.8 Å². The lowest BCUT2D eigenvalue weighted by atomic mass is 10.1. The van der Waals surface area contributed by atoms with E-state index in [-0.39, 0.29) is 18.3 Å². The second-order valence-corrected chi connectivity index (χ2v) is 10.7. The van der Waals surface area contributed by atoms with Crippen LogP contribution in [0.1, 0.15) is 46.7 Å². The molecule has 182 valence electrons. The molecule has 1 aromatic carbocycles. The third-order valence-electron chi connectivity index (χ3n) is 5.72. The topological polar surface area (TPSA) is 92.8 Å². The number of halogens is 1. The van der Waals surface area contributed by atoms with Crippen molar-refractivity contribution in [1.82, 2.24) is 14.8 Å². The van der Waals surface area contributed by atoms with E-state index in [4.69, 9.17) is 16.3 Å². The molecule has 4 rings (SSSR count). The van der Waals surface area contributed by atoms with Gasteiger partial charge in [-0.05, 0) is 61.9 Å². The molecule has 0 unspecified atom stereocenters. The molecule has 0 spiro atoms. The van der Waals surface area contributed by atoms with Crippen LogP contribution in [0.15, 0.2) is 36.0 Å². The van der Waals surface area contributed by atoms with Gasteiger partial charge in [0.25, 0.3) is 0 Å².